The smallest absolute Gasteiger partial charge is 0.257 e. The van der Waals surface area contributed by atoms with E-state index in [2.05, 4.69) is 15.8 Å². The van der Waals surface area contributed by atoms with Crippen LogP contribution in [0.5, 0.6) is 0 Å². The van der Waals surface area contributed by atoms with Gasteiger partial charge in [0.15, 0.2) is 0 Å². The van der Waals surface area contributed by atoms with Crippen molar-refractivity contribution in [2.75, 3.05) is 5.32 Å². The van der Waals surface area contributed by atoms with Crippen LogP contribution >= 0.6 is 23.2 Å². The number of carbonyl (C=O) groups is 2. The van der Waals surface area contributed by atoms with Crippen molar-refractivity contribution in [1.82, 2.24) is 5.43 Å². The predicted molar refractivity (Wildman–Crippen MR) is 126 cm³/mol. The van der Waals surface area contributed by atoms with Crippen LogP contribution in [-0.2, 0) is 11.2 Å². The Kier molecular flexibility index (Phi) is 7.82. The van der Waals surface area contributed by atoms with Gasteiger partial charge in [-0.05, 0) is 54.8 Å². The van der Waals surface area contributed by atoms with Crippen LogP contribution < -0.4 is 10.7 Å². The van der Waals surface area contributed by atoms with Crippen LogP contribution in [0.15, 0.2) is 77.9 Å². The summed E-state index contributed by atoms with van der Waals surface area (Å²) in [7, 11) is 0. The zero-order valence-electron chi connectivity index (χ0n) is 16.9. The van der Waals surface area contributed by atoms with Crippen molar-refractivity contribution in [3.8, 4) is 0 Å². The van der Waals surface area contributed by atoms with Crippen LogP contribution in [0.2, 0.25) is 10.0 Å². The lowest BCUT2D eigenvalue weighted by molar-refractivity contribution is -0.121. The van der Waals surface area contributed by atoms with Gasteiger partial charge in [0.25, 0.3) is 5.91 Å². The van der Waals surface area contributed by atoms with Gasteiger partial charge in [-0.15, -0.1) is 0 Å². The Labute approximate surface area is 191 Å². The molecule has 0 radical (unpaired) electrons. The van der Waals surface area contributed by atoms with Gasteiger partial charge in [0.2, 0.25) is 5.91 Å². The molecule has 0 fully saturated rings. The average Bonchev–Trinajstić information content (AvgIpc) is 2.76. The van der Waals surface area contributed by atoms with Gasteiger partial charge in [-0.1, -0.05) is 65.7 Å². The molecule has 0 aliphatic carbocycles. The molecule has 0 atom stereocenters. The maximum Gasteiger partial charge on any atom is 0.257 e. The largest absolute Gasteiger partial charge is 0.322 e. The maximum atomic E-state index is 12.5. The van der Waals surface area contributed by atoms with Gasteiger partial charge >= 0.3 is 0 Å². The molecule has 0 spiro atoms. The highest BCUT2D eigenvalue weighted by molar-refractivity contribution is 6.37. The molecule has 2 amide bonds. The van der Waals surface area contributed by atoms with E-state index in [-0.39, 0.29) is 16.8 Å². The molecule has 0 saturated carbocycles. The van der Waals surface area contributed by atoms with Gasteiger partial charge in [-0.3, -0.25) is 9.59 Å². The van der Waals surface area contributed by atoms with E-state index in [4.69, 9.17) is 23.2 Å². The van der Waals surface area contributed by atoms with Gasteiger partial charge < -0.3 is 5.32 Å². The highest BCUT2D eigenvalue weighted by atomic mass is 35.5. The number of rotatable bonds is 7. The number of halogens is 2. The molecular weight excluding hydrogens is 433 g/mol. The molecule has 3 aromatic carbocycles. The first-order valence-electron chi connectivity index (χ1n) is 9.66. The monoisotopic (exact) mass is 453 g/mol. The zero-order valence-corrected chi connectivity index (χ0v) is 18.4. The van der Waals surface area contributed by atoms with E-state index in [9.17, 15) is 9.59 Å². The molecule has 31 heavy (non-hydrogen) atoms. The van der Waals surface area contributed by atoms with Gasteiger partial charge in [-0.25, -0.2) is 5.43 Å². The first-order valence-corrected chi connectivity index (χ1v) is 10.4. The molecule has 2 N–H and O–H groups in total. The second-order valence-electron chi connectivity index (χ2n) is 6.88. The number of carbonyl (C=O) groups excluding carboxylic acids is 2. The minimum Gasteiger partial charge on any atom is -0.322 e. The summed E-state index contributed by atoms with van der Waals surface area (Å²) in [5.41, 5.74) is 5.98. The quantitative estimate of drug-likeness (QED) is 0.354. The second-order valence-corrected chi connectivity index (χ2v) is 7.72. The summed E-state index contributed by atoms with van der Waals surface area (Å²) < 4.78 is 0. The van der Waals surface area contributed by atoms with Crippen molar-refractivity contribution in [2.24, 2.45) is 5.10 Å². The number of nitrogens with one attached hydrogen (secondary N) is 2. The normalized spacial score (nSPS) is 11.1. The minimum absolute atomic E-state index is 0.162. The van der Waals surface area contributed by atoms with E-state index in [1.807, 2.05) is 36.4 Å². The summed E-state index contributed by atoms with van der Waals surface area (Å²) in [6, 6.07) is 21.7. The number of hydrogen-bond donors (Lipinski definition) is 2. The van der Waals surface area contributed by atoms with Crippen molar-refractivity contribution in [1.29, 1.82) is 0 Å². The van der Waals surface area contributed by atoms with Gasteiger partial charge in [0, 0.05) is 17.1 Å². The lowest BCUT2D eigenvalue weighted by Gasteiger charge is -2.09. The van der Waals surface area contributed by atoms with Crippen LogP contribution in [0.3, 0.4) is 0 Å². The highest BCUT2D eigenvalue weighted by Crippen LogP contribution is 2.22. The molecular formula is C24H21Cl2N3O2. The number of hydrogen-bond acceptors (Lipinski definition) is 3. The first-order chi connectivity index (χ1) is 14.9. The summed E-state index contributed by atoms with van der Waals surface area (Å²) in [6.07, 6.45) is 0.995. The van der Waals surface area contributed by atoms with Crippen molar-refractivity contribution in [3.05, 3.63) is 99.5 Å². The van der Waals surface area contributed by atoms with E-state index in [1.54, 1.807) is 37.3 Å². The van der Waals surface area contributed by atoms with Gasteiger partial charge in [0.05, 0.1) is 16.3 Å². The minimum atomic E-state index is -0.345. The summed E-state index contributed by atoms with van der Waals surface area (Å²) in [5, 5.41) is 7.72. The maximum absolute atomic E-state index is 12.5. The topological polar surface area (TPSA) is 70.6 Å². The number of nitrogens with zero attached hydrogens (tertiary/aromatic N) is 1. The van der Waals surface area contributed by atoms with Crippen LogP contribution in [-0.4, -0.2) is 17.5 Å². The number of hydrazone groups is 1. The molecule has 158 valence electrons. The van der Waals surface area contributed by atoms with Gasteiger partial charge in [-0.2, -0.15) is 5.10 Å². The van der Waals surface area contributed by atoms with Crippen molar-refractivity contribution < 1.29 is 9.59 Å². The van der Waals surface area contributed by atoms with E-state index >= 15 is 0 Å². The SMILES string of the molecule is CC(=NNC(=O)CCc1ccccc1)c1cccc(NC(=O)c2ccc(Cl)cc2Cl)c1. The molecule has 0 heterocycles. The number of benzene rings is 3. The van der Waals surface area contributed by atoms with Crippen LogP contribution in [0.1, 0.15) is 34.8 Å². The third-order valence-electron chi connectivity index (χ3n) is 4.55. The Balaban J connectivity index is 1.60. The summed E-state index contributed by atoms with van der Waals surface area (Å²) >= 11 is 12.0. The number of aryl methyl sites for hydroxylation is 1. The first kappa shape index (κ1) is 22.5. The van der Waals surface area contributed by atoms with Gasteiger partial charge in [0.1, 0.15) is 0 Å². The number of amides is 2. The summed E-state index contributed by atoms with van der Waals surface area (Å²) in [6.45, 7) is 1.79. The lowest BCUT2D eigenvalue weighted by atomic mass is 10.1. The molecule has 5 nitrogen and oxygen atoms in total. The predicted octanol–water partition coefficient (Wildman–Crippen LogP) is 5.72. The molecule has 3 aromatic rings. The van der Waals surface area contributed by atoms with Crippen LogP contribution in [0, 0.1) is 0 Å². The molecule has 0 aliphatic heterocycles. The Bertz CT molecular complexity index is 1110. The fourth-order valence-corrected chi connectivity index (χ4v) is 3.36. The van der Waals surface area contributed by atoms with Crippen LogP contribution in [0.4, 0.5) is 5.69 Å². The second kappa shape index (κ2) is 10.8. The van der Waals surface area contributed by atoms with Crippen molar-refractivity contribution in [2.45, 2.75) is 19.8 Å². The van der Waals surface area contributed by atoms with E-state index in [0.717, 1.165) is 11.1 Å². The average molecular weight is 454 g/mol. The summed E-state index contributed by atoms with van der Waals surface area (Å²) in [5.74, 6) is -0.507. The number of anilines is 1. The fraction of sp³-hybridized carbons (Fsp3) is 0.125. The zero-order chi connectivity index (χ0) is 22.2. The van der Waals surface area contributed by atoms with Crippen LogP contribution in [0.25, 0.3) is 0 Å². The third kappa shape index (κ3) is 6.67. The van der Waals surface area contributed by atoms with E-state index < -0.39 is 0 Å². The summed E-state index contributed by atoms with van der Waals surface area (Å²) in [4.78, 5) is 24.6. The molecule has 3 rings (SSSR count). The van der Waals surface area contributed by atoms with E-state index in [0.29, 0.717) is 34.8 Å². The fourth-order valence-electron chi connectivity index (χ4n) is 2.86. The molecule has 0 aromatic heterocycles. The van der Waals surface area contributed by atoms with Crippen molar-refractivity contribution >= 4 is 46.4 Å². The molecule has 0 saturated heterocycles. The molecule has 0 aliphatic rings. The Hall–Kier alpha value is -3.15. The molecule has 0 bridgehead atoms. The third-order valence-corrected chi connectivity index (χ3v) is 5.09. The molecule has 7 heteroatoms. The Morgan fingerprint density at radius 1 is 0.935 bits per heavy atom. The van der Waals surface area contributed by atoms with E-state index in [1.165, 1.54) is 6.07 Å². The molecule has 0 unspecified atom stereocenters. The van der Waals surface area contributed by atoms with Crippen molar-refractivity contribution in [3.63, 3.8) is 0 Å². The highest BCUT2D eigenvalue weighted by Gasteiger charge is 2.11. The Morgan fingerprint density at radius 2 is 1.71 bits per heavy atom. The lowest BCUT2D eigenvalue weighted by Crippen LogP contribution is -2.19. The Morgan fingerprint density at radius 3 is 2.45 bits per heavy atom. The standard InChI is InChI=1S/C24H21Cl2N3O2/c1-16(28-29-23(30)13-10-17-6-3-2-4-7-17)18-8-5-9-20(14-18)27-24(31)21-12-11-19(25)15-22(21)26/h2-9,11-12,14-15H,10,13H2,1H3,(H,27,31)(H,29,30).